The lowest BCUT2D eigenvalue weighted by atomic mass is 10.3. The zero-order chi connectivity index (χ0) is 15.5. The standard InChI is InChI=1S/C13H14N2O5S/c1-19-9-3-4-12(20-2)10(7-9)15-21(17,18)13-8-14-6-5-11(13)16/h3-8,15H,1-2H3,(H,14,16). The van der Waals surface area contributed by atoms with E-state index in [1.54, 1.807) is 12.1 Å². The molecule has 0 aliphatic carbocycles. The van der Waals surface area contributed by atoms with E-state index in [0.717, 1.165) is 12.3 Å². The number of H-pyrrole nitrogens is 1. The molecule has 8 heteroatoms. The molecule has 0 saturated heterocycles. The molecule has 0 spiro atoms. The number of aromatic nitrogens is 1. The summed E-state index contributed by atoms with van der Waals surface area (Å²) in [5.41, 5.74) is -0.428. The van der Waals surface area contributed by atoms with Crippen LogP contribution >= 0.6 is 0 Å². The zero-order valence-electron chi connectivity index (χ0n) is 11.4. The van der Waals surface area contributed by atoms with Gasteiger partial charge in [0.2, 0.25) is 5.43 Å². The Hall–Kier alpha value is -2.48. The van der Waals surface area contributed by atoms with Gasteiger partial charge in [0, 0.05) is 24.5 Å². The molecule has 2 rings (SSSR count). The van der Waals surface area contributed by atoms with Crippen molar-refractivity contribution in [2.24, 2.45) is 0 Å². The van der Waals surface area contributed by atoms with Crippen molar-refractivity contribution < 1.29 is 17.9 Å². The van der Waals surface area contributed by atoms with Gasteiger partial charge in [-0.3, -0.25) is 9.52 Å². The molecule has 0 aliphatic heterocycles. The van der Waals surface area contributed by atoms with Gasteiger partial charge < -0.3 is 14.5 Å². The van der Waals surface area contributed by atoms with Crippen LogP contribution in [0.2, 0.25) is 0 Å². The number of ether oxygens (including phenoxy) is 2. The number of nitrogens with one attached hydrogen (secondary N) is 2. The lowest BCUT2D eigenvalue weighted by Crippen LogP contribution is -2.21. The second kappa shape index (κ2) is 5.88. The van der Waals surface area contributed by atoms with Crippen molar-refractivity contribution in [3.63, 3.8) is 0 Å². The largest absolute Gasteiger partial charge is 0.497 e. The van der Waals surface area contributed by atoms with Crippen LogP contribution in [0.3, 0.4) is 0 Å². The smallest absolute Gasteiger partial charge is 0.267 e. The summed E-state index contributed by atoms with van der Waals surface area (Å²) in [6.07, 6.45) is 2.48. The van der Waals surface area contributed by atoms with Gasteiger partial charge in [-0.05, 0) is 12.1 Å². The predicted molar refractivity (Wildman–Crippen MR) is 77.4 cm³/mol. The number of benzene rings is 1. The van der Waals surface area contributed by atoms with E-state index in [0.29, 0.717) is 11.5 Å². The van der Waals surface area contributed by atoms with Crippen LogP contribution in [0.5, 0.6) is 11.5 Å². The molecule has 0 amide bonds. The number of rotatable bonds is 5. The highest BCUT2D eigenvalue weighted by Gasteiger charge is 2.20. The van der Waals surface area contributed by atoms with E-state index in [9.17, 15) is 13.2 Å². The molecule has 1 aromatic heterocycles. The third kappa shape index (κ3) is 3.16. The summed E-state index contributed by atoms with van der Waals surface area (Å²) in [6, 6.07) is 5.79. The minimum atomic E-state index is -4.03. The van der Waals surface area contributed by atoms with Crippen molar-refractivity contribution in [3.05, 3.63) is 46.9 Å². The SMILES string of the molecule is COc1ccc(OC)c(NS(=O)(=O)c2c[nH]ccc2=O)c1. The second-order valence-electron chi connectivity index (χ2n) is 4.04. The summed E-state index contributed by atoms with van der Waals surface area (Å²) in [6.45, 7) is 0. The van der Waals surface area contributed by atoms with E-state index in [2.05, 4.69) is 9.71 Å². The number of methoxy groups -OCH3 is 2. The molecular weight excluding hydrogens is 296 g/mol. The average molecular weight is 310 g/mol. The van der Waals surface area contributed by atoms with Gasteiger partial charge in [-0.2, -0.15) is 0 Å². The molecule has 0 aliphatic rings. The molecule has 112 valence electrons. The number of hydrogen-bond donors (Lipinski definition) is 2. The Morgan fingerprint density at radius 2 is 1.90 bits per heavy atom. The fourth-order valence-electron chi connectivity index (χ4n) is 1.70. The van der Waals surface area contributed by atoms with Crippen LogP contribution in [0.25, 0.3) is 0 Å². The van der Waals surface area contributed by atoms with Gasteiger partial charge >= 0.3 is 0 Å². The molecule has 1 aromatic carbocycles. The molecule has 0 radical (unpaired) electrons. The van der Waals surface area contributed by atoms with Crippen LogP contribution in [0.1, 0.15) is 0 Å². The minimum absolute atomic E-state index is 0.181. The highest BCUT2D eigenvalue weighted by atomic mass is 32.2. The van der Waals surface area contributed by atoms with Crippen LogP contribution in [0.15, 0.2) is 46.3 Å². The Morgan fingerprint density at radius 3 is 2.52 bits per heavy atom. The zero-order valence-corrected chi connectivity index (χ0v) is 12.2. The van der Waals surface area contributed by atoms with Gasteiger partial charge in [0.1, 0.15) is 11.5 Å². The predicted octanol–water partition coefficient (Wildman–Crippen LogP) is 1.19. The summed E-state index contributed by atoms with van der Waals surface area (Å²) < 4.78 is 37.0. The van der Waals surface area contributed by atoms with Crippen molar-refractivity contribution >= 4 is 15.7 Å². The van der Waals surface area contributed by atoms with E-state index in [1.807, 2.05) is 0 Å². The quantitative estimate of drug-likeness (QED) is 0.864. The minimum Gasteiger partial charge on any atom is -0.497 e. The Balaban J connectivity index is 2.46. The molecular formula is C13H14N2O5S. The highest BCUT2D eigenvalue weighted by Crippen LogP contribution is 2.30. The maximum absolute atomic E-state index is 12.3. The Labute approximate surface area is 121 Å². The van der Waals surface area contributed by atoms with Gasteiger partial charge in [-0.1, -0.05) is 0 Å². The molecule has 0 unspecified atom stereocenters. The van der Waals surface area contributed by atoms with Gasteiger partial charge in [0.15, 0.2) is 4.90 Å². The number of hydrogen-bond acceptors (Lipinski definition) is 5. The molecule has 7 nitrogen and oxygen atoms in total. The van der Waals surface area contributed by atoms with Crippen LogP contribution in [-0.2, 0) is 10.0 Å². The first-order chi connectivity index (χ1) is 9.97. The molecule has 0 saturated carbocycles. The molecule has 0 atom stereocenters. The number of aromatic amines is 1. The fraction of sp³-hybridized carbons (Fsp3) is 0.154. The highest BCUT2D eigenvalue weighted by molar-refractivity contribution is 7.92. The number of anilines is 1. The van der Waals surface area contributed by atoms with Crippen molar-refractivity contribution in [3.8, 4) is 11.5 Å². The van der Waals surface area contributed by atoms with E-state index in [4.69, 9.17) is 9.47 Å². The van der Waals surface area contributed by atoms with E-state index < -0.39 is 15.5 Å². The molecule has 2 N–H and O–H groups in total. The van der Waals surface area contributed by atoms with Crippen LogP contribution in [0.4, 0.5) is 5.69 Å². The molecule has 0 bridgehead atoms. The first kappa shape index (κ1) is 14.9. The lowest BCUT2D eigenvalue weighted by molar-refractivity contribution is 0.405. The monoisotopic (exact) mass is 310 g/mol. The van der Waals surface area contributed by atoms with Crippen LogP contribution in [0, 0.1) is 0 Å². The molecule has 21 heavy (non-hydrogen) atoms. The van der Waals surface area contributed by atoms with Crippen LogP contribution < -0.4 is 19.6 Å². The fourth-order valence-corrected chi connectivity index (χ4v) is 2.82. The van der Waals surface area contributed by atoms with Gasteiger partial charge in [-0.15, -0.1) is 0 Å². The topological polar surface area (TPSA) is 97.5 Å². The molecule has 2 aromatic rings. The third-order valence-electron chi connectivity index (χ3n) is 2.73. The normalized spacial score (nSPS) is 11.0. The van der Waals surface area contributed by atoms with Crippen molar-refractivity contribution in [1.82, 2.24) is 4.98 Å². The van der Waals surface area contributed by atoms with Crippen LogP contribution in [-0.4, -0.2) is 27.6 Å². The first-order valence-electron chi connectivity index (χ1n) is 5.90. The number of pyridine rings is 1. The van der Waals surface area contributed by atoms with Gasteiger partial charge in [0.05, 0.1) is 19.9 Å². The average Bonchev–Trinajstić information content (AvgIpc) is 2.47. The first-order valence-corrected chi connectivity index (χ1v) is 7.38. The van der Waals surface area contributed by atoms with E-state index >= 15 is 0 Å². The summed E-state index contributed by atoms with van der Waals surface area (Å²) in [4.78, 5) is 13.8. The lowest BCUT2D eigenvalue weighted by Gasteiger charge is -2.12. The van der Waals surface area contributed by atoms with E-state index in [-0.39, 0.29) is 10.6 Å². The second-order valence-corrected chi connectivity index (χ2v) is 5.70. The Morgan fingerprint density at radius 1 is 1.14 bits per heavy atom. The van der Waals surface area contributed by atoms with Crippen molar-refractivity contribution in [2.45, 2.75) is 4.90 Å². The van der Waals surface area contributed by atoms with E-state index in [1.165, 1.54) is 26.5 Å². The summed E-state index contributed by atoms with van der Waals surface area (Å²) in [5.74, 6) is 0.766. The third-order valence-corrected chi connectivity index (χ3v) is 4.12. The van der Waals surface area contributed by atoms with Crippen molar-refractivity contribution in [2.75, 3.05) is 18.9 Å². The van der Waals surface area contributed by atoms with Gasteiger partial charge in [0.25, 0.3) is 10.0 Å². The summed E-state index contributed by atoms with van der Waals surface area (Å²) >= 11 is 0. The maximum Gasteiger partial charge on any atom is 0.267 e. The summed E-state index contributed by atoms with van der Waals surface area (Å²) in [7, 11) is -1.16. The van der Waals surface area contributed by atoms with Gasteiger partial charge in [-0.25, -0.2) is 8.42 Å². The molecule has 0 fully saturated rings. The number of sulfonamides is 1. The maximum atomic E-state index is 12.3. The Bertz CT molecular complexity index is 798. The Kier molecular flexibility index (Phi) is 4.18. The van der Waals surface area contributed by atoms with Crippen molar-refractivity contribution in [1.29, 1.82) is 0 Å². The summed E-state index contributed by atoms with van der Waals surface area (Å²) in [5, 5.41) is 0. The molecule has 1 heterocycles.